The zero-order valence-electron chi connectivity index (χ0n) is 17.1. The highest BCUT2D eigenvalue weighted by molar-refractivity contribution is 6.31. The van der Waals surface area contributed by atoms with Crippen molar-refractivity contribution in [3.05, 3.63) is 53.1 Å². The van der Waals surface area contributed by atoms with Gasteiger partial charge in [-0.2, -0.15) is 0 Å². The average Bonchev–Trinajstić information content (AvgIpc) is 2.69. The maximum Gasteiger partial charge on any atom is 0.239 e. The highest BCUT2D eigenvalue weighted by atomic mass is 35.5. The maximum atomic E-state index is 14.4. The number of aromatic nitrogens is 2. The third kappa shape index (κ3) is 4.53. The molecule has 2 heterocycles. The number of methoxy groups -OCH3 is 1. The van der Waals surface area contributed by atoms with Crippen molar-refractivity contribution < 1.29 is 13.9 Å². The Balaban J connectivity index is 1.63. The molecule has 4 rings (SSSR count). The molecule has 1 amide bonds. The lowest BCUT2D eigenvalue weighted by atomic mass is 10.0. The third-order valence-corrected chi connectivity index (χ3v) is 5.39. The molecular weight excluding hydrogens is 423 g/mol. The van der Waals surface area contributed by atoms with Gasteiger partial charge in [-0.05, 0) is 18.2 Å². The van der Waals surface area contributed by atoms with Crippen LogP contribution in [0.3, 0.4) is 0 Å². The summed E-state index contributed by atoms with van der Waals surface area (Å²) >= 11 is 5.89. The van der Waals surface area contributed by atoms with Crippen molar-refractivity contribution in [2.45, 2.75) is 6.54 Å². The van der Waals surface area contributed by atoms with Crippen LogP contribution in [0.15, 0.2) is 36.7 Å². The van der Waals surface area contributed by atoms with Gasteiger partial charge >= 0.3 is 0 Å². The first-order valence-corrected chi connectivity index (χ1v) is 10.1. The van der Waals surface area contributed by atoms with Crippen LogP contribution in [0, 0.1) is 11.7 Å². The zero-order valence-corrected chi connectivity index (χ0v) is 17.8. The van der Waals surface area contributed by atoms with E-state index < -0.39 is 5.82 Å². The summed E-state index contributed by atoms with van der Waals surface area (Å²) in [6.45, 7) is 1.77. The molecule has 3 aromatic rings. The summed E-state index contributed by atoms with van der Waals surface area (Å²) in [4.78, 5) is 20.8. The first-order valence-electron chi connectivity index (χ1n) is 9.71. The molecule has 1 aliphatic heterocycles. The summed E-state index contributed by atoms with van der Waals surface area (Å²) < 4.78 is 19.9. The number of hydrogen-bond donors (Lipinski definition) is 3. The van der Waals surface area contributed by atoms with Crippen LogP contribution < -0.4 is 20.8 Å². The van der Waals surface area contributed by atoms with Gasteiger partial charge in [0.2, 0.25) is 5.91 Å². The minimum absolute atomic E-state index is 0.0160. The molecular formula is C21H22ClFN6O2. The summed E-state index contributed by atoms with van der Waals surface area (Å²) in [7, 11) is 3.36. The number of hydrogen-bond acceptors (Lipinski definition) is 7. The molecule has 0 atom stereocenters. The Morgan fingerprint density at radius 3 is 2.87 bits per heavy atom. The minimum Gasteiger partial charge on any atom is -0.496 e. The van der Waals surface area contributed by atoms with Crippen LogP contribution in [0.25, 0.3) is 10.9 Å². The van der Waals surface area contributed by atoms with E-state index in [0.29, 0.717) is 42.1 Å². The van der Waals surface area contributed by atoms with E-state index in [9.17, 15) is 9.18 Å². The van der Waals surface area contributed by atoms with E-state index in [0.717, 1.165) is 5.56 Å². The van der Waals surface area contributed by atoms with Crippen LogP contribution in [-0.4, -0.2) is 48.1 Å². The second-order valence-corrected chi connectivity index (χ2v) is 7.72. The van der Waals surface area contributed by atoms with E-state index in [1.807, 2.05) is 6.07 Å². The highest BCUT2D eigenvalue weighted by Gasteiger charge is 2.25. The van der Waals surface area contributed by atoms with Gasteiger partial charge in [0, 0.05) is 43.7 Å². The molecule has 31 heavy (non-hydrogen) atoms. The summed E-state index contributed by atoms with van der Waals surface area (Å²) in [5, 5.41) is 8.48. The molecule has 0 bridgehead atoms. The molecule has 0 spiro atoms. The van der Waals surface area contributed by atoms with Crippen molar-refractivity contribution in [1.29, 1.82) is 0 Å². The number of nitrogens with zero attached hydrogens (tertiary/aromatic N) is 3. The zero-order chi connectivity index (χ0) is 22.0. The number of rotatable bonds is 7. The van der Waals surface area contributed by atoms with Gasteiger partial charge in [-0.1, -0.05) is 17.7 Å². The molecule has 10 heteroatoms. The largest absolute Gasteiger partial charge is 0.496 e. The topological polar surface area (TPSA) is 91.4 Å². The first-order chi connectivity index (χ1) is 15.0. The van der Waals surface area contributed by atoms with Crippen LogP contribution >= 0.6 is 11.6 Å². The predicted octanol–water partition coefficient (Wildman–Crippen LogP) is 2.86. The van der Waals surface area contributed by atoms with Crippen molar-refractivity contribution in [2.24, 2.45) is 5.92 Å². The average molecular weight is 445 g/mol. The summed E-state index contributed by atoms with van der Waals surface area (Å²) in [6.07, 6.45) is 1.39. The Labute approximate surface area is 183 Å². The maximum absolute atomic E-state index is 14.4. The van der Waals surface area contributed by atoms with Gasteiger partial charge in [-0.3, -0.25) is 10.2 Å². The van der Waals surface area contributed by atoms with E-state index in [1.54, 1.807) is 37.4 Å². The number of amides is 1. The van der Waals surface area contributed by atoms with Gasteiger partial charge in [0.05, 0.1) is 29.3 Å². The Morgan fingerprint density at radius 1 is 1.35 bits per heavy atom. The fourth-order valence-corrected chi connectivity index (χ4v) is 3.49. The second-order valence-electron chi connectivity index (χ2n) is 7.32. The lowest BCUT2D eigenvalue weighted by Crippen LogP contribution is -2.53. The van der Waals surface area contributed by atoms with Gasteiger partial charge in [0.25, 0.3) is 0 Å². The standard InChI is InChI=1S/C21H22ClFN6O2/c1-29(28-21(30)13-8-24-9-13)10-12-6-14-17(7-18(12)31-2)25-11-26-20(14)27-16-5-3-4-15(22)19(16)23/h3-7,11,13,24H,8-10H2,1-2H3,(H,28,30)(H,25,26,27). The molecule has 1 aromatic heterocycles. The van der Waals surface area contributed by atoms with Crippen molar-refractivity contribution in [2.75, 3.05) is 32.6 Å². The van der Waals surface area contributed by atoms with E-state index in [4.69, 9.17) is 16.3 Å². The number of halogens is 2. The van der Waals surface area contributed by atoms with Gasteiger partial charge < -0.3 is 15.4 Å². The number of benzene rings is 2. The van der Waals surface area contributed by atoms with E-state index in [1.165, 1.54) is 12.4 Å². The SMILES string of the molecule is COc1cc2ncnc(Nc3cccc(Cl)c3F)c2cc1CN(C)NC(=O)C1CNC1. The molecule has 0 unspecified atom stereocenters. The lowest BCUT2D eigenvalue weighted by Gasteiger charge is -2.28. The smallest absolute Gasteiger partial charge is 0.239 e. The Kier molecular flexibility index (Phi) is 6.17. The fraction of sp³-hybridized carbons (Fsp3) is 0.286. The Hall–Kier alpha value is -3.01. The van der Waals surface area contributed by atoms with Crippen LogP contribution in [0.2, 0.25) is 5.02 Å². The normalized spacial score (nSPS) is 13.8. The van der Waals surface area contributed by atoms with E-state index >= 15 is 0 Å². The van der Waals surface area contributed by atoms with Gasteiger partial charge in [-0.15, -0.1) is 0 Å². The molecule has 0 radical (unpaired) electrons. The molecule has 0 aliphatic carbocycles. The van der Waals surface area contributed by atoms with Crippen LogP contribution in [0.5, 0.6) is 5.75 Å². The fourth-order valence-electron chi connectivity index (χ4n) is 3.32. The van der Waals surface area contributed by atoms with Crippen LogP contribution in [-0.2, 0) is 11.3 Å². The van der Waals surface area contributed by atoms with Gasteiger partial charge in [-0.25, -0.2) is 19.4 Å². The first kappa shape index (κ1) is 21.2. The van der Waals surface area contributed by atoms with Gasteiger partial charge in [0.15, 0.2) is 5.82 Å². The van der Waals surface area contributed by atoms with Crippen molar-refractivity contribution in [3.63, 3.8) is 0 Å². The van der Waals surface area contributed by atoms with Crippen molar-refractivity contribution >= 4 is 39.9 Å². The van der Waals surface area contributed by atoms with Crippen LogP contribution in [0.1, 0.15) is 5.56 Å². The van der Waals surface area contributed by atoms with Crippen LogP contribution in [0.4, 0.5) is 15.9 Å². The van der Waals surface area contributed by atoms with Gasteiger partial charge in [0.1, 0.15) is 17.9 Å². The number of ether oxygens (including phenoxy) is 1. The molecule has 3 N–H and O–H groups in total. The van der Waals surface area contributed by atoms with Crippen molar-refractivity contribution in [3.8, 4) is 5.75 Å². The van der Waals surface area contributed by atoms with E-state index in [-0.39, 0.29) is 22.5 Å². The summed E-state index contributed by atoms with van der Waals surface area (Å²) in [5.74, 6) is 0.457. The monoisotopic (exact) mass is 444 g/mol. The summed E-state index contributed by atoms with van der Waals surface area (Å²) in [6, 6.07) is 8.37. The highest BCUT2D eigenvalue weighted by Crippen LogP contribution is 2.31. The number of hydrazine groups is 1. The quantitative estimate of drug-likeness (QED) is 0.482. The number of nitrogens with one attached hydrogen (secondary N) is 3. The number of carbonyl (C=O) groups is 1. The van der Waals surface area contributed by atoms with E-state index in [2.05, 4.69) is 26.0 Å². The lowest BCUT2D eigenvalue weighted by molar-refractivity contribution is -0.131. The van der Waals surface area contributed by atoms with Crippen molar-refractivity contribution in [1.82, 2.24) is 25.7 Å². The number of carbonyl (C=O) groups excluding carboxylic acids is 1. The molecule has 8 nitrogen and oxygen atoms in total. The second kappa shape index (κ2) is 9.01. The summed E-state index contributed by atoms with van der Waals surface area (Å²) in [5.41, 5.74) is 4.54. The predicted molar refractivity (Wildman–Crippen MR) is 117 cm³/mol. The molecule has 0 saturated carbocycles. The molecule has 1 aliphatic rings. The molecule has 162 valence electrons. The Bertz CT molecular complexity index is 1120. The third-order valence-electron chi connectivity index (χ3n) is 5.10. The Morgan fingerprint density at radius 2 is 2.16 bits per heavy atom. The minimum atomic E-state index is -0.558. The molecule has 1 fully saturated rings. The molecule has 2 aromatic carbocycles. The molecule has 1 saturated heterocycles. The number of anilines is 2. The number of fused-ring (bicyclic) bond motifs is 1.